The van der Waals surface area contributed by atoms with Crippen LogP contribution in [0.15, 0.2) is 23.8 Å². The molecule has 7 nitrogen and oxygen atoms in total. The van der Waals surface area contributed by atoms with E-state index >= 15 is 0 Å². The summed E-state index contributed by atoms with van der Waals surface area (Å²) in [6.07, 6.45) is 3.68. The van der Waals surface area contributed by atoms with Gasteiger partial charge in [0.1, 0.15) is 5.69 Å². The zero-order valence-corrected chi connectivity index (χ0v) is 12.7. The fraction of sp³-hybridized carbons (Fsp3) is 0.357. The molecule has 2 aromatic rings. The summed E-state index contributed by atoms with van der Waals surface area (Å²) in [5.74, 6) is -0.647. The smallest absolute Gasteiger partial charge is 0.311 e. The van der Waals surface area contributed by atoms with E-state index in [4.69, 9.17) is 0 Å². The third-order valence-corrected chi connectivity index (χ3v) is 4.60. The molecule has 8 heteroatoms. The molecule has 3 heterocycles. The molecular formula is C14H14N4O3S. The molecule has 0 bridgehead atoms. The summed E-state index contributed by atoms with van der Waals surface area (Å²) in [6, 6.07) is 1.71. The van der Waals surface area contributed by atoms with Crippen LogP contribution in [0.5, 0.6) is 0 Å². The quantitative estimate of drug-likeness (QED) is 0.922. The van der Waals surface area contributed by atoms with Gasteiger partial charge in [-0.1, -0.05) is 0 Å². The number of amides is 1. The fourth-order valence-electron chi connectivity index (χ4n) is 2.36. The van der Waals surface area contributed by atoms with Crippen molar-refractivity contribution in [1.29, 1.82) is 0 Å². The molecule has 0 spiro atoms. The van der Waals surface area contributed by atoms with Crippen LogP contribution in [0.2, 0.25) is 0 Å². The van der Waals surface area contributed by atoms with Crippen LogP contribution < -0.4 is 0 Å². The first-order chi connectivity index (χ1) is 10.5. The summed E-state index contributed by atoms with van der Waals surface area (Å²) in [5.41, 5.74) is -0.570. The largest absolute Gasteiger partial charge is 0.481 e. The van der Waals surface area contributed by atoms with Crippen LogP contribution in [0.1, 0.15) is 23.8 Å². The van der Waals surface area contributed by atoms with Crippen LogP contribution in [0, 0.1) is 5.41 Å². The minimum atomic E-state index is -0.878. The number of aliphatic carboxylic acids is 1. The normalized spacial score (nSPS) is 21.0. The van der Waals surface area contributed by atoms with Gasteiger partial charge >= 0.3 is 5.97 Å². The number of likely N-dealkylation sites (tertiary alicyclic amines) is 1. The minimum absolute atomic E-state index is 0.204. The molecule has 1 saturated heterocycles. The summed E-state index contributed by atoms with van der Waals surface area (Å²) >= 11 is 1.30. The third kappa shape index (κ3) is 2.57. The van der Waals surface area contributed by atoms with E-state index in [1.165, 1.54) is 11.3 Å². The molecule has 0 aromatic carbocycles. The number of nitrogens with zero attached hydrogens (tertiary/aromatic N) is 4. The zero-order chi connectivity index (χ0) is 15.7. The Kier molecular flexibility index (Phi) is 3.61. The van der Waals surface area contributed by atoms with E-state index in [0.717, 1.165) is 0 Å². The van der Waals surface area contributed by atoms with Crippen molar-refractivity contribution >= 4 is 23.2 Å². The van der Waals surface area contributed by atoms with Crippen LogP contribution >= 0.6 is 11.3 Å². The first-order valence-corrected chi connectivity index (χ1v) is 7.63. The van der Waals surface area contributed by atoms with Gasteiger partial charge in [0.25, 0.3) is 5.91 Å². The molecule has 0 aliphatic carbocycles. The van der Waals surface area contributed by atoms with Gasteiger partial charge in [0.15, 0.2) is 10.8 Å². The first-order valence-electron chi connectivity index (χ1n) is 6.75. The van der Waals surface area contributed by atoms with Gasteiger partial charge in [-0.05, 0) is 19.4 Å². The van der Waals surface area contributed by atoms with Crippen molar-refractivity contribution in [3.8, 4) is 10.8 Å². The Morgan fingerprint density at radius 2 is 2.09 bits per heavy atom. The molecule has 1 N–H and O–H groups in total. The van der Waals surface area contributed by atoms with Crippen LogP contribution in [-0.4, -0.2) is 49.9 Å². The van der Waals surface area contributed by atoms with Gasteiger partial charge in [-0.2, -0.15) is 0 Å². The summed E-state index contributed by atoms with van der Waals surface area (Å²) < 4.78 is 0. The van der Waals surface area contributed by atoms with Crippen molar-refractivity contribution in [1.82, 2.24) is 19.9 Å². The molecule has 114 valence electrons. The molecule has 0 saturated carbocycles. The second kappa shape index (κ2) is 5.45. The van der Waals surface area contributed by atoms with Crippen molar-refractivity contribution in [2.24, 2.45) is 5.41 Å². The highest BCUT2D eigenvalue weighted by atomic mass is 32.1. The number of rotatable bonds is 3. The van der Waals surface area contributed by atoms with Gasteiger partial charge in [-0.3, -0.25) is 9.59 Å². The van der Waals surface area contributed by atoms with Crippen molar-refractivity contribution in [3.63, 3.8) is 0 Å². The Labute approximate surface area is 130 Å². The van der Waals surface area contributed by atoms with E-state index in [-0.39, 0.29) is 12.5 Å². The third-order valence-electron chi connectivity index (χ3n) is 3.76. The predicted octanol–water partition coefficient (Wildman–Crippen LogP) is 1.54. The van der Waals surface area contributed by atoms with E-state index in [1.807, 2.05) is 0 Å². The lowest BCUT2D eigenvalue weighted by Crippen LogP contribution is -2.35. The Balaban J connectivity index is 1.77. The highest BCUT2D eigenvalue weighted by molar-refractivity contribution is 7.13. The Bertz CT molecular complexity index is 718. The molecule has 1 amide bonds. The molecule has 3 rings (SSSR count). The van der Waals surface area contributed by atoms with Crippen molar-refractivity contribution < 1.29 is 14.7 Å². The maximum atomic E-state index is 12.4. The number of aromatic nitrogens is 3. The van der Waals surface area contributed by atoms with Gasteiger partial charge in [0, 0.05) is 30.9 Å². The summed E-state index contributed by atoms with van der Waals surface area (Å²) in [6.45, 7) is 2.29. The number of carbonyl (C=O) groups is 2. The number of hydrogen-bond donors (Lipinski definition) is 1. The van der Waals surface area contributed by atoms with Crippen molar-refractivity contribution in [2.75, 3.05) is 13.1 Å². The monoisotopic (exact) mass is 318 g/mol. The van der Waals surface area contributed by atoms with Crippen LogP contribution in [0.3, 0.4) is 0 Å². The topological polar surface area (TPSA) is 96.3 Å². The highest BCUT2D eigenvalue weighted by Crippen LogP contribution is 2.31. The Morgan fingerprint density at radius 3 is 2.73 bits per heavy atom. The average Bonchev–Trinajstić information content (AvgIpc) is 3.15. The van der Waals surface area contributed by atoms with Crippen LogP contribution in [0.25, 0.3) is 10.8 Å². The molecule has 1 atom stereocenters. The van der Waals surface area contributed by atoms with Crippen molar-refractivity contribution in [3.05, 3.63) is 29.5 Å². The van der Waals surface area contributed by atoms with E-state index < -0.39 is 11.4 Å². The minimum Gasteiger partial charge on any atom is -0.481 e. The van der Waals surface area contributed by atoms with E-state index in [0.29, 0.717) is 29.5 Å². The molecular weight excluding hydrogens is 304 g/mol. The summed E-state index contributed by atoms with van der Waals surface area (Å²) in [7, 11) is 0. The predicted molar refractivity (Wildman–Crippen MR) is 79.4 cm³/mol. The van der Waals surface area contributed by atoms with E-state index in [2.05, 4.69) is 15.0 Å². The number of carboxylic acid groups (broad SMARTS) is 1. The molecule has 0 unspecified atom stereocenters. The van der Waals surface area contributed by atoms with E-state index in [9.17, 15) is 14.7 Å². The average molecular weight is 318 g/mol. The zero-order valence-electron chi connectivity index (χ0n) is 11.9. The molecule has 0 radical (unpaired) electrons. The number of hydrogen-bond acceptors (Lipinski definition) is 6. The highest BCUT2D eigenvalue weighted by Gasteiger charge is 2.42. The van der Waals surface area contributed by atoms with Crippen LogP contribution in [0.4, 0.5) is 0 Å². The SMILES string of the molecule is C[C@@]1(C(=O)O)CCN(C(=O)c2csc(-c3ncccn3)n2)C1. The molecule has 1 aliphatic rings. The number of thiazole rings is 1. The first kappa shape index (κ1) is 14.6. The van der Waals surface area contributed by atoms with Gasteiger partial charge in [0.2, 0.25) is 0 Å². The molecule has 2 aromatic heterocycles. The second-order valence-corrected chi connectivity index (χ2v) is 6.31. The second-order valence-electron chi connectivity index (χ2n) is 5.45. The lowest BCUT2D eigenvalue weighted by molar-refractivity contribution is -0.147. The number of carbonyl (C=O) groups excluding carboxylic acids is 1. The summed E-state index contributed by atoms with van der Waals surface area (Å²) in [4.78, 5) is 37.7. The van der Waals surface area contributed by atoms with Crippen molar-refractivity contribution in [2.45, 2.75) is 13.3 Å². The van der Waals surface area contributed by atoms with Gasteiger partial charge < -0.3 is 10.0 Å². The fourth-order valence-corrected chi connectivity index (χ4v) is 3.09. The van der Waals surface area contributed by atoms with Crippen LogP contribution in [-0.2, 0) is 4.79 Å². The van der Waals surface area contributed by atoms with Gasteiger partial charge in [-0.15, -0.1) is 11.3 Å². The lowest BCUT2D eigenvalue weighted by Gasteiger charge is -2.19. The molecule has 1 fully saturated rings. The lowest BCUT2D eigenvalue weighted by atomic mass is 9.90. The van der Waals surface area contributed by atoms with Gasteiger partial charge in [-0.25, -0.2) is 15.0 Å². The Hall–Kier alpha value is -2.35. The number of carboxylic acids is 1. The molecule has 1 aliphatic heterocycles. The standard InChI is InChI=1S/C14H14N4O3S/c1-14(13(20)21)3-6-18(8-14)12(19)9-7-22-11(17-9)10-15-4-2-5-16-10/h2,4-5,7H,3,6,8H2,1H3,(H,20,21)/t14-/m1/s1. The molecule has 22 heavy (non-hydrogen) atoms. The van der Waals surface area contributed by atoms with Gasteiger partial charge in [0.05, 0.1) is 5.41 Å². The maximum Gasteiger partial charge on any atom is 0.311 e. The van der Waals surface area contributed by atoms with E-state index in [1.54, 1.807) is 35.7 Å². The Morgan fingerprint density at radius 1 is 1.36 bits per heavy atom. The maximum absolute atomic E-state index is 12.4. The summed E-state index contributed by atoms with van der Waals surface area (Å²) in [5, 5.41) is 11.5.